The summed E-state index contributed by atoms with van der Waals surface area (Å²) in [5, 5.41) is 30.7. The van der Waals surface area contributed by atoms with Gasteiger partial charge >= 0.3 is 0 Å². The summed E-state index contributed by atoms with van der Waals surface area (Å²) in [5.74, 6) is -1.94. The summed E-state index contributed by atoms with van der Waals surface area (Å²) in [5.41, 5.74) is 5.56. The lowest BCUT2D eigenvalue weighted by atomic mass is 10.0. The van der Waals surface area contributed by atoms with Crippen LogP contribution in [0.4, 0.5) is 0 Å². The quantitative estimate of drug-likeness (QED) is 0.409. The molecular formula is C14H24N3O4P. The van der Waals surface area contributed by atoms with Crippen LogP contribution in [0.3, 0.4) is 0 Å². The Labute approximate surface area is 130 Å². The van der Waals surface area contributed by atoms with Crippen LogP contribution in [0.25, 0.3) is 0 Å². The number of aliphatic hydroxyl groups is 3. The molecule has 0 radical (unpaired) electrons. The highest BCUT2D eigenvalue weighted by Gasteiger charge is 2.56. The average molecular weight is 329 g/mol. The van der Waals surface area contributed by atoms with Crippen LogP contribution >= 0.6 is 6.89 Å². The van der Waals surface area contributed by atoms with E-state index in [9.17, 15) is 15.3 Å². The Balaban J connectivity index is 2.15. The Kier molecular flexibility index (Phi) is 4.57. The molecule has 0 aliphatic carbocycles. The van der Waals surface area contributed by atoms with Crippen molar-refractivity contribution >= 4 is 19.0 Å². The highest BCUT2D eigenvalue weighted by atomic mass is 31.2. The van der Waals surface area contributed by atoms with Crippen molar-refractivity contribution in [3.8, 4) is 0 Å². The molecule has 5 N–H and O–H groups in total. The third kappa shape index (κ3) is 3.45. The van der Waals surface area contributed by atoms with Gasteiger partial charge in [-0.1, -0.05) is 6.58 Å². The first-order valence-corrected chi connectivity index (χ1v) is 10.0. The molecule has 2 rings (SSSR count). The molecule has 2 aliphatic heterocycles. The molecule has 2 aliphatic rings. The third-order valence-corrected chi connectivity index (χ3v) is 5.16. The van der Waals surface area contributed by atoms with Crippen LogP contribution in [0.1, 0.15) is 6.42 Å². The Bertz CT molecular complexity index is 566. The van der Waals surface area contributed by atoms with Gasteiger partial charge in [0.15, 0.2) is 6.23 Å². The number of nitrogens with zero attached hydrogens (tertiary/aromatic N) is 2. The Hall–Kier alpha value is -1.11. The molecule has 0 spiro atoms. The van der Waals surface area contributed by atoms with Crippen molar-refractivity contribution in [1.29, 1.82) is 0 Å². The molecular weight excluding hydrogens is 305 g/mol. The van der Waals surface area contributed by atoms with Crippen molar-refractivity contribution in [3.05, 3.63) is 24.7 Å². The van der Waals surface area contributed by atoms with E-state index in [1.54, 1.807) is 0 Å². The predicted octanol–water partition coefficient (Wildman–Crippen LogP) is -0.490. The Morgan fingerprint density at radius 2 is 2.14 bits per heavy atom. The lowest BCUT2D eigenvalue weighted by molar-refractivity contribution is -0.251. The lowest BCUT2D eigenvalue weighted by Gasteiger charge is -2.34. The van der Waals surface area contributed by atoms with Gasteiger partial charge < -0.3 is 30.7 Å². The number of aliphatic imine (C=N–C) groups is 1. The molecule has 3 atom stereocenters. The van der Waals surface area contributed by atoms with E-state index in [2.05, 4.69) is 31.2 Å². The average Bonchev–Trinajstić information content (AvgIpc) is 2.59. The molecule has 22 heavy (non-hydrogen) atoms. The summed E-state index contributed by atoms with van der Waals surface area (Å²) >= 11 is 0. The van der Waals surface area contributed by atoms with E-state index in [-0.39, 0.29) is 11.7 Å². The molecule has 0 aromatic rings. The minimum Gasteiger partial charge on any atom is -0.385 e. The largest absolute Gasteiger partial charge is 0.385 e. The molecule has 1 saturated heterocycles. The molecule has 0 saturated carbocycles. The standard InChI is InChI=1S/C14H24N3O4P/c1-9-16-11(15)5-7-17(9)13-14(19,20)12(18)10(21-13)6-8-22(2,3)4/h5,7,10,12-13,18-20H,1-2,6,8H2,3-4H3,(H2,15,16)/t10-,12-,13?/m1/s1. The van der Waals surface area contributed by atoms with Crippen molar-refractivity contribution in [3.63, 3.8) is 0 Å². The first kappa shape index (κ1) is 17.2. The van der Waals surface area contributed by atoms with E-state index in [1.165, 1.54) is 17.2 Å². The number of nitrogens with two attached hydrogens (primary N) is 1. The summed E-state index contributed by atoms with van der Waals surface area (Å²) in [6.45, 7) is 6.56. The number of amidine groups is 1. The first-order valence-electron chi connectivity index (χ1n) is 6.97. The van der Waals surface area contributed by atoms with Crippen molar-refractivity contribution < 1.29 is 20.1 Å². The Morgan fingerprint density at radius 1 is 1.50 bits per heavy atom. The monoisotopic (exact) mass is 329 g/mol. The van der Waals surface area contributed by atoms with Gasteiger partial charge in [-0.25, -0.2) is 4.99 Å². The highest BCUT2D eigenvalue weighted by Crippen LogP contribution is 2.40. The zero-order valence-electron chi connectivity index (χ0n) is 12.9. The van der Waals surface area contributed by atoms with Gasteiger partial charge in [-0.2, -0.15) is 0 Å². The van der Waals surface area contributed by atoms with Crippen molar-refractivity contribution in [2.45, 2.75) is 30.6 Å². The Morgan fingerprint density at radius 3 is 2.68 bits per heavy atom. The lowest BCUT2D eigenvalue weighted by Crippen LogP contribution is -2.53. The van der Waals surface area contributed by atoms with Crippen LogP contribution in [-0.2, 0) is 4.74 Å². The van der Waals surface area contributed by atoms with Gasteiger partial charge in [0.2, 0.25) is 5.79 Å². The first-order chi connectivity index (χ1) is 10.0. The van der Waals surface area contributed by atoms with E-state index in [4.69, 9.17) is 10.5 Å². The van der Waals surface area contributed by atoms with Gasteiger partial charge in [0.25, 0.3) is 0 Å². The molecule has 2 heterocycles. The fourth-order valence-corrected chi connectivity index (χ4v) is 3.39. The molecule has 0 amide bonds. The molecule has 1 fully saturated rings. The maximum atomic E-state index is 10.2. The fraction of sp³-hybridized carbons (Fsp3) is 0.571. The van der Waals surface area contributed by atoms with Gasteiger partial charge in [-0.15, -0.1) is 13.2 Å². The minimum atomic E-state index is -2.43. The number of hydrogen-bond acceptors (Lipinski definition) is 7. The summed E-state index contributed by atoms with van der Waals surface area (Å²) in [6, 6.07) is 0. The maximum Gasteiger partial charge on any atom is 0.239 e. The van der Waals surface area contributed by atoms with E-state index < -0.39 is 31.1 Å². The van der Waals surface area contributed by atoms with Crippen LogP contribution in [0.5, 0.6) is 0 Å². The van der Waals surface area contributed by atoms with Crippen LogP contribution in [0, 0.1) is 0 Å². The maximum absolute atomic E-state index is 10.2. The zero-order valence-corrected chi connectivity index (χ0v) is 13.8. The van der Waals surface area contributed by atoms with E-state index >= 15 is 0 Å². The molecule has 1 unspecified atom stereocenters. The molecule has 0 aromatic carbocycles. The summed E-state index contributed by atoms with van der Waals surface area (Å²) in [4.78, 5) is 5.31. The number of aliphatic hydroxyl groups excluding tert-OH is 1. The molecule has 124 valence electrons. The smallest absolute Gasteiger partial charge is 0.239 e. The van der Waals surface area contributed by atoms with Crippen molar-refractivity contribution in [1.82, 2.24) is 4.90 Å². The van der Waals surface area contributed by atoms with Crippen LogP contribution in [0.2, 0.25) is 0 Å². The second-order valence-electron chi connectivity index (χ2n) is 6.38. The molecule has 0 bridgehead atoms. The van der Waals surface area contributed by atoms with E-state index in [0.717, 1.165) is 6.16 Å². The van der Waals surface area contributed by atoms with Crippen molar-refractivity contribution in [2.75, 3.05) is 19.5 Å². The normalized spacial score (nSPS) is 31.5. The van der Waals surface area contributed by atoms with Crippen LogP contribution < -0.4 is 5.73 Å². The molecule has 0 aromatic heterocycles. The molecule has 8 heteroatoms. The predicted molar refractivity (Wildman–Crippen MR) is 89.0 cm³/mol. The van der Waals surface area contributed by atoms with Gasteiger partial charge in [-0.05, 0) is 32.0 Å². The summed E-state index contributed by atoms with van der Waals surface area (Å²) in [6.07, 6.45) is 5.08. The third-order valence-electron chi connectivity index (χ3n) is 3.69. The summed E-state index contributed by atoms with van der Waals surface area (Å²) < 4.78 is 5.67. The number of ether oxygens (including phenoxy) is 1. The van der Waals surface area contributed by atoms with Crippen LogP contribution in [-0.4, -0.2) is 76.1 Å². The second-order valence-corrected chi connectivity index (χ2v) is 10.7. The summed E-state index contributed by atoms with van der Waals surface area (Å²) in [7, 11) is 0. The zero-order chi connectivity index (χ0) is 16.7. The van der Waals surface area contributed by atoms with Gasteiger partial charge in [0, 0.05) is 6.20 Å². The highest BCUT2D eigenvalue weighted by molar-refractivity contribution is 7.72. The van der Waals surface area contributed by atoms with Gasteiger partial charge in [0.05, 0.1) is 6.10 Å². The van der Waals surface area contributed by atoms with E-state index in [1.807, 2.05) is 0 Å². The number of hydrogen-bond donors (Lipinski definition) is 4. The second kappa shape index (κ2) is 5.83. The van der Waals surface area contributed by atoms with Crippen molar-refractivity contribution in [2.24, 2.45) is 10.7 Å². The fourth-order valence-electron chi connectivity index (χ4n) is 2.43. The topological polar surface area (TPSA) is 112 Å². The van der Waals surface area contributed by atoms with Crippen LogP contribution in [0.15, 0.2) is 29.7 Å². The SMILES string of the molecule is C=C1N=C(N)C=CN1C1O[C@H](CCP(=C)(C)C)[C@@H](O)C1(O)O. The number of rotatable bonds is 4. The van der Waals surface area contributed by atoms with Gasteiger partial charge in [-0.3, -0.25) is 0 Å². The minimum absolute atomic E-state index is 0.218. The molecule has 7 nitrogen and oxygen atoms in total. The van der Waals surface area contributed by atoms with E-state index in [0.29, 0.717) is 6.42 Å². The van der Waals surface area contributed by atoms with Gasteiger partial charge in [0.1, 0.15) is 17.8 Å².